The zero-order valence-corrected chi connectivity index (χ0v) is 12.8. The van der Waals surface area contributed by atoms with Crippen LogP contribution < -0.4 is 0 Å². The van der Waals surface area contributed by atoms with E-state index in [2.05, 4.69) is 36.9 Å². The Kier molecular flexibility index (Phi) is 6.02. The number of piperidine rings is 1. The lowest BCUT2D eigenvalue weighted by atomic mass is 10.0. The Hall–Kier alpha value is -0.900. The van der Waals surface area contributed by atoms with E-state index in [0.717, 1.165) is 38.9 Å². The van der Waals surface area contributed by atoms with Crippen molar-refractivity contribution in [2.24, 2.45) is 0 Å². The van der Waals surface area contributed by atoms with Crippen molar-refractivity contribution in [3.05, 3.63) is 34.9 Å². The van der Waals surface area contributed by atoms with Crippen LogP contribution in [0.15, 0.2) is 18.2 Å². The highest BCUT2D eigenvalue weighted by Crippen LogP contribution is 2.20. The van der Waals surface area contributed by atoms with Crippen molar-refractivity contribution < 1.29 is 9.84 Å². The van der Waals surface area contributed by atoms with Crippen LogP contribution in [0.2, 0.25) is 0 Å². The molecule has 0 saturated carbocycles. The minimum Gasteiger partial charge on any atom is -0.396 e. The molecule has 1 aliphatic rings. The molecule has 1 aromatic carbocycles. The third-order valence-electron chi connectivity index (χ3n) is 4.22. The van der Waals surface area contributed by atoms with E-state index in [1.807, 2.05) is 0 Å². The fraction of sp³-hybridized carbons (Fsp3) is 0.647. The van der Waals surface area contributed by atoms with Gasteiger partial charge in [0.2, 0.25) is 0 Å². The monoisotopic (exact) mass is 277 g/mol. The number of nitrogens with zero attached hydrogens (tertiary/aromatic N) is 1. The molecule has 2 rings (SSSR count). The molecule has 0 aliphatic carbocycles. The molecule has 112 valence electrons. The summed E-state index contributed by atoms with van der Waals surface area (Å²) in [4.78, 5) is 2.53. The molecule has 0 atom stereocenters. The van der Waals surface area contributed by atoms with E-state index in [4.69, 9.17) is 9.84 Å². The van der Waals surface area contributed by atoms with Gasteiger partial charge >= 0.3 is 0 Å². The molecular weight excluding hydrogens is 250 g/mol. The summed E-state index contributed by atoms with van der Waals surface area (Å²) in [6.07, 6.45) is 3.35. The van der Waals surface area contributed by atoms with Gasteiger partial charge in [0.25, 0.3) is 0 Å². The second-order valence-corrected chi connectivity index (χ2v) is 5.79. The van der Waals surface area contributed by atoms with Crippen molar-refractivity contribution in [3.8, 4) is 0 Å². The van der Waals surface area contributed by atoms with Gasteiger partial charge in [0.05, 0.1) is 6.10 Å². The third kappa shape index (κ3) is 4.30. The Morgan fingerprint density at radius 2 is 1.85 bits per heavy atom. The molecule has 0 radical (unpaired) electrons. The molecule has 1 aromatic rings. The summed E-state index contributed by atoms with van der Waals surface area (Å²) in [6.45, 7) is 8.60. The van der Waals surface area contributed by atoms with Crippen molar-refractivity contribution in [2.75, 3.05) is 26.3 Å². The fourth-order valence-electron chi connectivity index (χ4n) is 2.87. The third-order valence-corrected chi connectivity index (χ3v) is 4.22. The number of aliphatic hydroxyl groups excluding tert-OH is 1. The van der Waals surface area contributed by atoms with Gasteiger partial charge in [0.15, 0.2) is 0 Å². The minimum atomic E-state index is 0.228. The molecule has 3 nitrogen and oxygen atoms in total. The second-order valence-electron chi connectivity index (χ2n) is 5.79. The summed E-state index contributed by atoms with van der Waals surface area (Å²) in [5, 5.41) is 8.77. The first-order valence-electron chi connectivity index (χ1n) is 7.70. The predicted molar refractivity (Wildman–Crippen MR) is 81.9 cm³/mol. The van der Waals surface area contributed by atoms with E-state index in [1.165, 1.54) is 16.7 Å². The predicted octanol–water partition coefficient (Wildman–Crippen LogP) is 2.67. The van der Waals surface area contributed by atoms with Gasteiger partial charge in [-0.25, -0.2) is 0 Å². The first-order chi connectivity index (χ1) is 9.70. The van der Waals surface area contributed by atoms with Crippen molar-refractivity contribution in [2.45, 2.75) is 45.8 Å². The van der Waals surface area contributed by atoms with Crippen molar-refractivity contribution in [1.29, 1.82) is 0 Å². The summed E-state index contributed by atoms with van der Waals surface area (Å²) in [5.74, 6) is 0. The van der Waals surface area contributed by atoms with E-state index in [-0.39, 0.29) is 6.61 Å². The van der Waals surface area contributed by atoms with Gasteiger partial charge in [-0.15, -0.1) is 0 Å². The quantitative estimate of drug-likeness (QED) is 0.812. The van der Waals surface area contributed by atoms with Crippen LogP contribution >= 0.6 is 0 Å². The summed E-state index contributed by atoms with van der Waals surface area (Å²) in [6, 6.07) is 6.54. The van der Waals surface area contributed by atoms with Gasteiger partial charge in [0, 0.05) is 32.8 Å². The molecule has 0 unspecified atom stereocenters. The van der Waals surface area contributed by atoms with Crippen LogP contribution in [0, 0.1) is 13.8 Å². The largest absolute Gasteiger partial charge is 0.396 e. The van der Waals surface area contributed by atoms with Crippen LogP contribution in [0.25, 0.3) is 0 Å². The first kappa shape index (κ1) is 15.5. The zero-order chi connectivity index (χ0) is 14.4. The highest BCUT2D eigenvalue weighted by molar-refractivity contribution is 5.33. The molecule has 20 heavy (non-hydrogen) atoms. The number of aryl methyl sites for hydroxylation is 2. The standard InChI is InChI=1S/C17H27NO2/c1-14-5-3-6-15(2)17(14)13-18-9-7-16(8-10-18)20-12-4-11-19/h3,5-6,16,19H,4,7-13H2,1-2H3. The van der Waals surface area contributed by atoms with E-state index >= 15 is 0 Å². The molecule has 3 heteroatoms. The number of benzene rings is 1. The second kappa shape index (κ2) is 7.77. The molecule has 0 spiro atoms. The zero-order valence-electron chi connectivity index (χ0n) is 12.8. The van der Waals surface area contributed by atoms with Crippen LogP contribution in [0.4, 0.5) is 0 Å². The molecule has 1 N–H and O–H groups in total. The lowest BCUT2D eigenvalue weighted by Gasteiger charge is -2.32. The summed E-state index contributed by atoms with van der Waals surface area (Å²) < 4.78 is 5.78. The summed E-state index contributed by atoms with van der Waals surface area (Å²) in [7, 11) is 0. The van der Waals surface area contributed by atoms with Gasteiger partial charge in [-0.05, 0) is 49.8 Å². The average Bonchev–Trinajstić information content (AvgIpc) is 2.45. The molecule has 0 bridgehead atoms. The number of rotatable bonds is 6. The Bertz CT molecular complexity index is 391. The Balaban J connectivity index is 1.80. The number of likely N-dealkylation sites (tertiary alicyclic amines) is 1. The van der Waals surface area contributed by atoms with Gasteiger partial charge in [0.1, 0.15) is 0 Å². The maximum Gasteiger partial charge on any atom is 0.0599 e. The molecule has 0 aromatic heterocycles. The first-order valence-corrected chi connectivity index (χ1v) is 7.70. The van der Waals surface area contributed by atoms with E-state index < -0.39 is 0 Å². The van der Waals surface area contributed by atoms with Crippen molar-refractivity contribution >= 4 is 0 Å². The van der Waals surface area contributed by atoms with Crippen LogP contribution in [-0.2, 0) is 11.3 Å². The molecule has 1 saturated heterocycles. The minimum absolute atomic E-state index is 0.228. The number of hydrogen-bond acceptors (Lipinski definition) is 3. The van der Waals surface area contributed by atoms with Gasteiger partial charge < -0.3 is 9.84 Å². The maximum atomic E-state index is 8.77. The number of ether oxygens (including phenoxy) is 1. The highest BCUT2D eigenvalue weighted by atomic mass is 16.5. The van der Waals surface area contributed by atoms with Crippen LogP contribution in [0.5, 0.6) is 0 Å². The van der Waals surface area contributed by atoms with Crippen molar-refractivity contribution in [3.63, 3.8) is 0 Å². The lowest BCUT2D eigenvalue weighted by molar-refractivity contribution is 0.000734. The number of hydrogen-bond donors (Lipinski definition) is 1. The highest BCUT2D eigenvalue weighted by Gasteiger charge is 2.20. The Labute approximate surface area is 122 Å². The molecule has 1 heterocycles. The Morgan fingerprint density at radius 1 is 1.20 bits per heavy atom. The molecular formula is C17H27NO2. The van der Waals surface area contributed by atoms with Gasteiger partial charge in [-0.2, -0.15) is 0 Å². The average molecular weight is 277 g/mol. The molecule has 1 aliphatic heterocycles. The van der Waals surface area contributed by atoms with Crippen LogP contribution in [0.3, 0.4) is 0 Å². The van der Waals surface area contributed by atoms with E-state index in [0.29, 0.717) is 12.7 Å². The maximum absolute atomic E-state index is 8.77. The fourth-order valence-corrected chi connectivity index (χ4v) is 2.87. The normalized spacial score (nSPS) is 17.6. The Morgan fingerprint density at radius 3 is 2.45 bits per heavy atom. The van der Waals surface area contributed by atoms with E-state index in [1.54, 1.807) is 0 Å². The molecule has 1 fully saturated rings. The lowest BCUT2D eigenvalue weighted by Crippen LogP contribution is -2.37. The van der Waals surface area contributed by atoms with Crippen LogP contribution in [0.1, 0.15) is 36.0 Å². The summed E-state index contributed by atoms with van der Waals surface area (Å²) >= 11 is 0. The van der Waals surface area contributed by atoms with Crippen molar-refractivity contribution in [1.82, 2.24) is 4.90 Å². The topological polar surface area (TPSA) is 32.7 Å². The molecule has 0 amide bonds. The SMILES string of the molecule is Cc1cccc(C)c1CN1CCC(OCCCO)CC1. The van der Waals surface area contributed by atoms with Gasteiger partial charge in [-0.3, -0.25) is 4.90 Å². The smallest absolute Gasteiger partial charge is 0.0599 e. The number of aliphatic hydroxyl groups is 1. The van der Waals surface area contributed by atoms with E-state index in [9.17, 15) is 0 Å². The van der Waals surface area contributed by atoms with Gasteiger partial charge in [-0.1, -0.05) is 18.2 Å². The van der Waals surface area contributed by atoms with Crippen LogP contribution in [-0.4, -0.2) is 42.4 Å². The summed E-state index contributed by atoms with van der Waals surface area (Å²) in [5.41, 5.74) is 4.27.